The summed E-state index contributed by atoms with van der Waals surface area (Å²) >= 11 is 0. The predicted molar refractivity (Wildman–Crippen MR) is 60.5 cm³/mol. The third-order valence-corrected chi connectivity index (χ3v) is 2.77. The monoisotopic (exact) mass is 204 g/mol. The van der Waals surface area contributed by atoms with Crippen molar-refractivity contribution in [3.8, 4) is 0 Å². The molecule has 1 heterocycles. The van der Waals surface area contributed by atoms with Crippen molar-refractivity contribution in [2.24, 2.45) is 0 Å². The van der Waals surface area contributed by atoms with Gasteiger partial charge in [-0.1, -0.05) is 36.4 Å². The van der Waals surface area contributed by atoms with E-state index in [-0.39, 0.29) is 0 Å². The molecular formula is C13H16O2. The molecule has 0 radical (unpaired) electrons. The predicted octanol–water partition coefficient (Wildman–Crippen LogP) is 2.24. The highest BCUT2D eigenvalue weighted by molar-refractivity contribution is 5.55. The molecule has 1 aliphatic heterocycles. The zero-order chi connectivity index (χ0) is 10.9. The van der Waals surface area contributed by atoms with Crippen LogP contribution in [0.1, 0.15) is 19.4 Å². The Kier molecular flexibility index (Phi) is 2.63. The molecule has 0 aliphatic carbocycles. The smallest absolute Gasteiger partial charge is 0.106 e. The molecule has 2 heteroatoms. The summed E-state index contributed by atoms with van der Waals surface area (Å²) in [6, 6.07) is 9.99. The normalized spacial score (nSPS) is 27.1. The largest absolute Gasteiger partial charge is 0.386 e. The van der Waals surface area contributed by atoms with Crippen molar-refractivity contribution in [2.75, 3.05) is 6.61 Å². The molecule has 1 aromatic carbocycles. The second-order valence-corrected chi connectivity index (χ2v) is 4.42. The third-order valence-electron chi connectivity index (χ3n) is 2.77. The molecule has 0 amide bonds. The first kappa shape index (κ1) is 10.4. The van der Waals surface area contributed by atoms with Gasteiger partial charge < -0.3 is 9.84 Å². The quantitative estimate of drug-likeness (QED) is 0.760. The van der Waals surface area contributed by atoms with Gasteiger partial charge in [-0.3, -0.25) is 0 Å². The van der Waals surface area contributed by atoms with Crippen LogP contribution in [0.25, 0.3) is 6.08 Å². The Bertz CT molecular complexity index is 365. The summed E-state index contributed by atoms with van der Waals surface area (Å²) < 4.78 is 5.52. The highest BCUT2D eigenvalue weighted by Gasteiger charge is 2.37. The van der Waals surface area contributed by atoms with Crippen LogP contribution >= 0.6 is 0 Å². The highest BCUT2D eigenvalue weighted by Crippen LogP contribution is 2.30. The number of rotatable bonds is 1. The van der Waals surface area contributed by atoms with Crippen LogP contribution in [-0.2, 0) is 4.74 Å². The molecule has 1 aromatic rings. The van der Waals surface area contributed by atoms with Gasteiger partial charge in [0.25, 0.3) is 0 Å². The van der Waals surface area contributed by atoms with Gasteiger partial charge >= 0.3 is 0 Å². The van der Waals surface area contributed by atoms with E-state index in [9.17, 15) is 5.11 Å². The van der Waals surface area contributed by atoms with Crippen LogP contribution in [0, 0.1) is 0 Å². The minimum absolute atomic E-state index is 0.458. The first-order chi connectivity index (χ1) is 7.09. The summed E-state index contributed by atoms with van der Waals surface area (Å²) in [6.07, 6.45) is 1.50. The Morgan fingerprint density at radius 2 is 2.00 bits per heavy atom. The zero-order valence-electron chi connectivity index (χ0n) is 9.10. The minimum atomic E-state index is -0.502. The number of aliphatic hydroxyl groups excluding tert-OH is 1. The van der Waals surface area contributed by atoms with E-state index >= 15 is 0 Å². The minimum Gasteiger partial charge on any atom is -0.386 e. The molecular weight excluding hydrogens is 188 g/mol. The maximum Gasteiger partial charge on any atom is 0.106 e. The summed E-state index contributed by atoms with van der Waals surface area (Å²) in [6.45, 7) is 4.33. The topological polar surface area (TPSA) is 29.5 Å². The summed E-state index contributed by atoms with van der Waals surface area (Å²) in [5.41, 5.74) is 1.60. The van der Waals surface area contributed by atoms with Gasteiger partial charge in [0.1, 0.15) is 6.10 Å². The van der Waals surface area contributed by atoms with Crippen molar-refractivity contribution in [3.63, 3.8) is 0 Å². The van der Waals surface area contributed by atoms with Crippen LogP contribution in [0.3, 0.4) is 0 Å². The Hall–Kier alpha value is -1.12. The van der Waals surface area contributed by atoms with Crippen LogP contribution in [0.5, 0.6) is 0 Å². The van der Waals surface area contributed by atoms with Gasteiger partial charge in [0.05, 0.1) is 12.2 Å². The van der Waals surface area contributed by atoms with Crippen LogP contribution in [0.15, 0.2) is 35.9 Å². The number of benzene rings is 1. The molecule has 1 N–H and O–H groups in total. The van der Waals surface area contributed by atoms with E-state index in [4.69, 9.17) is 4.74 Å². The molecule has 1 fully saturated rings. The van der Waals surface area contributed by atoms with Gasteiger partial charge in [-0.25, -0.2) is 0 Å². The lowest BCUT2D eigenvalue weighted by Crippen LogP contribution is -2.32. The standard InChI is InChI=1S/C13H16O2/c1-13(2)12(14)11(9-15-13)8-10-6-4-3-5-7-10/h3-8,12,14H,9H2,1-2H3/b11-8+/t12-/m1/s1. The van der Waals surface area contributed by atoms with E-state index in [1.165, 1.54) is 0 Å². The van der Waals surface area contributed by atoms with Crippen molar-refractivity contribution in [2.45, 2.75) is 25.6 Å². The van der Waals surface area contributed by atoms with Gasteiger partial charge in [-0.05, 0) is 25.0 Å². The van der Waals surface area contributed by atoms with E-state index in [1.807, 2.05) is 50.3 Å². The van der Waals surface area contributed by atoms with Crippen LogP contribution in [-0.4, -0.2) is 23.4 Å². The Morgan fingerprint density at radius 1 is 1.33 bits per heavy atom. The maximum atomic E-state index is 9.98. The second-order valence-electron chi connectivity index (χ2n) is 4.42. The Balaban J connectivity index is 2.23. The highest BCUT2D eigenvalue weighted by atomic mass is 16.5. The Morgan fingerprint density at radius 3 is 2.53 bits per heavy atom. The van der Waals surface area contributed by atoms with Gasteiger partial charge in [0, 0.05) is 0 Å². The summed E-state index contributed by atoms with van der Waals surface area (Å²) in [5, 5.41) is 9.98. The maximum absolute atomic E-state index is 9.98. The van der Waals surface area contributed by atoms with E-state index in [0.717, 1.165) is 11.1 Å². The SMILES string of the molecule is CC1(C)OC/C(=C\c2ccccc2)[C@H]1O. The first-order valence-corrected chi connectivity index (χ1v) is 5.17. The van der Waals surface area contributed by atoms with E-state index < -0.39 is 11.7 Å². The summed E-state index contributed by atoms with van der Waals surface area (Å²) in [7, 11) is 0. The third kappa shape index (κ3) is 2.11. The number of ether oxygens (including phenoxy) is 1. The van der Waals surface area contributed by atoms with Crippen molar-refractivity contribution in [3.05, 3.63) is 41.5 Å². The van der Waals surface area contributed by atoms with Crippen LogP contribution in [0.4, 0.5) is 0 Å². The second kappa shape index (κ2) is 3.80. The van der Waals surface area contributed by atoms with E-state index in [1.54, 1.807) is 0 Å². The molecule has 1 aliphatic rings. The van der Waals surface area contributed by atoms with Gasteiger partial charge in [0.15, 0.2) is 0 Å². The van der Waals surface area contributed by atoms with E-state index in [2.05, 4.69) is 0 Å². The molecule has 2 nitrogen and oxygen atoms in total. The average Bonchev–Trinajstić information content (AvgIpc) is 2.47. The van der Waals surface area contributed by atoms with Crippen LogP contribution in [0.2, 0.25) is 0 Å². The first-order valence-electron chi connectivity index (χ1n) is 5.17. The van der Waals surface area contributed by atoms with Crippen molar-refractivity contribution in [1.29, 1.82) is 0 Å². The van der Waals surface area contributed by atoms with Gasteiger partial charge in [-0.15, -0.1) is 0 Å². The van der Waals surface area contributed by atoms with Crippen molar-refractivity contribution < 1.29 is 9.84 Å². The molecule has 15 heavy (non-hydrogen) atoms. The molecule has 1 atom stereocenters. The Labute approximate surface area is 90.2 Å². The molecule has 0 spiro atoms. The van der Waals surface area contributed by atoms with Crippen molar-refractivity contribution in [1.82, 2.24) is 0 Å². The molecule has 2 rings (SSSR count). The van der Waals surface area contributed by atoms with Crippen LogP contribution < -0.4 is 0 Å². The molecule has 0 bridgehead atoms. The number of hydrogen-bond donors (Lipinski definition) is 1. The fourth-order valence-electron chi connectivity index (χ4n) is 1.76. The lowest BCUT2D eigenvalue weighted by atomic mass is 9.97. The van der Waals surface area contributed by atoms with Gasteiger partial charge in [0.2, 0.25) is 0 Å². The molecule has 0 aromatic heterocycles. The average molecular weight is 204 g/mol. The fraction of sp³-hybridized carbons (Fsp3) is 0.385. The number of hydrogen-bond acceptors (Lipinski definition) is 2. The van der Waals surface area contributed by atoms with E-state index in [0.29, 0.717) is 6.61 Å². The molecule has 0 unspecified atom stereocenters. The molecule has 1 saturated heterocycles. The molecule has 80 valence electrons. The fourth-order valence-corrected chi connectivity index (χ4v) is 1.76. The lowest BCUT2D eigenvalue weighted by molar-refractivity contribution is -0.0271. The molecule has 0 saturated carbocycles. The summed E-state index contributed by atoms with van der Waals surface area (Å²) in [5.74, 6) is 0. The van der Waals surface area contributed by atoms with Gasteiger partial charge in [-0.2, -0.15) is 0 Å². The lowest BCUT2D eigenvalue weighted by Gasteiger charge is -2.20. The number of aliphatic hydroxyl groups is 1. The zero-order valence-corrected chi connectivity index (χ0v) is 9.10. The summed E-state index contributed by atoms with van der Waals surface area (Å²) in [4.78, 5) is 0. The van der Waals surface area contributed by atoms with Crippen molar-refractivity contribution >= 4 is 6.08 Å².